The number of hydrogen-bond acceptors (Lipinski definition) is 5. The van der Waals surface area contributed by atoms with Crippen LogP contribution in [0.3, 0.4) is 0 Å². The molecule has 1 N–H and O–H groups in total. The quantitative estimate of drug-likeness (QED) is 0.663. The molecule has 3 rings (SSSR count). The number of pyridine rings is 1. The van der Waals surface area contributed by atoms with Crippen molar-refractivity contribution in [3.63, 3.8) is 0 Å². The maximum atomic E-state index is 12.3. The van der Waals surface area contributed by atoms with Gasteiger partial charge in [0.2, 0.25) is 10.0 Å². The molecule has 0 aliphatic heterocycles. The van der Waals surface area contributed by atoms with Gasteiger partial charge >= 0.3 is 0 Å². The van der Waals surface area contributed by atoms with Gasteiger partial charge in [-0.15, -0.1) is 0 Å². The minimum absolute atomic E-state index is 0.0248. The number of nitrogens with zero attached hydrogens (tertiary/aromatic N) is 1. The Morgan fingerprint density at radius 3 is 2.78 bits per heavy atom. The highest BCUT2D eigenvalue weighted by Crippen LogP contribution is 2.22. The van der Waals surface area contributed by atoms with Crippen LogP contribution in [0.5, 0.6) is 11.5 Å². The van der Waals surface area contributed by atoms with Gasteiger partial charge in [-0.25, -0.2) is 8.42 Å². The zero-order valence-electron chi connectivity index (χ0n) is 14.7. The number of para-hydroxylation sites is 1. The first kappa shape index (κ1) is 18.7. The van der Waals surface area contributed by atoms with Gasteiger partial charge in [-0.05, 0) is 30.3 Å². The van der Waals surface area contributed by atoms with Crippen molar-refractivity contribution < 1.29 is 17.9 Å². The van der Waals surface area contributed by atoms with Gasteiger partial charge in [0.15, 0.2) is 0 Å². The molecule has 0 bridgehead atoms. The minimum Gasteiger partial charge on any atom is -0.495 e. The van der Waals surface area contributed by atoms with Crippen molar-refractivity contribution in [2.45, 2.75) is 4.90 Å². The minimum atomic E-state index is -3.69. The largest absolute Gasteiger partial charge is 0.495 e. The van der Waals surface area contributed by atoms with Gasteiger partial charge in [0.05, 0.1) is 19.2 Å². The lowest BCUT2D eigenvalue weighted by Gasteiger charge is -2.08. The molecule has 0 atom stereocenters. The third kappa shape index (κ3) is 4.76. The van der Waals surface area contributed by atoms with Crippen molar-refractivity contribution in [1.82, 2.24) is 9.71 Å². The van der Waals surface area contributed by atoms with E-state index in [9.17, 15) is 8.42 Å². The van der Waals surface area contributed by atoms with Crippen molar-refractivity contribution >= 4 is 20.9 Å². The highest BCUT2D eigenvalue weighted by atomic mass is 32.2. The smallest absolute Gasteiger partial charge is 0.245 e. The molecule has 0 spiro atoms. The summed E-state index contributed by atoms with van der Waals surface area (Å²) in [5.74, 6) is 6.46. The average molecular weight is 382 g/mol. The van der Waals surface area contributed by atoms with Gasteiger partial charge in [0.25, 0.3) is 0 Å². The van der Waals surface area contributed by atoms with E-state index in [1.165, 1.54) is 13.2 Å². The molecule has 1 aromatic heterocycles. The van der Waals surface area contributed by atoms with Crippen LogP contribution < -0.4 is 14.2 Å². The molecule has 7 heteroatoms. The molecule has 3 aromatic rings. The first-order chi connectivity index (χ1) is 13.1. The third-order valence-corrected chi connectivity index (χ3v) is 5.16. The Bertz CT molecular complexity index is 1100. The average Bonchev–Trinajstić information content (AvgIpc) is 2.70. The summed E-state index contributed by atoms with van der Waals surface area (Å²) in [5, 5.41) is 1.03. The van der Waals surface area contributed by atoms with E-state index in [0.29, 0.717) is 5.75 Å². The van der Waals surface area contributed by atoms with E-state index in [2.05, 4.69) is 21.5 Å². The van der Waals surface area contributed by atoms with Crippen LogP contribution in [0.1, 0.15) is 0 Å². The van der Waals surface area contributed by atoms with Crippen LogP contribution in [0.4, 0.5) is 0 Å². The molecule has 1 heterocycles. The molecule has 0 saturated carbocycles. The lowest BCUT2D eigenvalue weighted by molar-refractivity contribution is 0.370. The van der Waals surface area contributed by atoms with Gasteiger partial charge in [0.1, 0.15) is 23.0 Å². The molecule has 0 aliphatic carbocycles. The molecule has 138 valence electrons. The zero-order chi connectivity index (χ0) is 19.1. The highest BCUT2D eigenvalue weighted by Gasteiger charge is 2.17. The van der Waals surface area contributed by atoms with E-state index < -0.39 is 10.0 Å². The summed E-state index contributed by atoms with van der Waals surface area (Å²) in [6.07, 6.45) is 1.72. The van der Waals surface area contributed by atoms with Gasteiger partial charge < -0.3 is 9.47 Å². The second-order valence-corrected chi connectivity index (χ2v) is 7.21. The van der Waals surface area contributed by atoms with Gasteiger partial charge in [-0.1, -0.05) is 30.0 Å². The standard InChI is InChI=1S/C20H18N2O4S/c1-25-19-8-2-3-9-20(19)27(23,24)22-13-4-5-14-26-17-11-10-16-7-6-12-21-18(16)15-17/h2-3,6-12,15,22H,13-14H2,1H3. The zero-order valence-corrected chi connectivity index (χ0v) is 15.5. The molecular weight excluding hydrogens is 364 g/mol. The maximum Gasteiger partial charge on any atom is 0.245 e. The Labute approximate surface area is 158 Å². The predicted molar refractivity (Wildman–Crippen MR) is 103 cm³/mol. The Morgan fingerprint density at radius 2 is 1.93 bits per heavy atom. The van der Waals surface area contributed by atoms with Crippen molar-refractivity contribution in [1.29, 1.82) is 0 Å². The molecule has 27 heavy (non-hydrogen) atoms. The molecular formula is C20H18N2O4S. The summed E-state index contributed by atoms with van der Waals surface area (Å²) in [7, 11) is -2.27. The van der Waals surface area contributed by atoms with Crippen LogP contribution in [0.2, 0.25) is 0 Å². The summed E-state index contributed by atoms with van der Waals surface area (Å²) in [5.41, 5.74) is 0.840. The van der Waals surface area contributed by atoms with Crippen LogP contribution in [-0.2, 0) is 10.0 Å². The molecule has 0 amide bonds. The van der Waals surface area contributed by atoms with Crippen LogP contribution in [0.25, 0.3) is 10.9 Å². The van der Waals surface area contributed by atoms with Crippen LogP contribution in [0.15, 0.2) is 65.7 Å². The molecule has 0 fully saturated rings. The van der Waals surface area contributed by atoms with E-state index >= 15 is 0 Å². The van der Waals surface area contributed by atoms with Crippen molar-refractivity contribution in [2.24, 2.45) is 0 Å². The molecule has 0 saturated heterocycles. The Morgan fingerprint density at radius 1 is 1.07 bits per heavy atom. The normalized spacial score (nSPS) is 10.9. The van der Waals surface area contributed by atoms with Crippen LogP contribution in [-0.4, -0.2) is 33.7 Å². The van der Waals surface area contributed by atoms with E-state index in [0.717, 1.165) is 10.9 Å². The fourth-order valence-electron chi connectivity index (χ4n) is 2.42. The van der Waals surface area contributed by atoms with E-state index in [1.54, 1.807) is 24.4 Å². The first-order valence-electron chi connectivity index (χ1n) is 8.16. The summed E-state index contributed by atoms with van der Waals surface area (Å²) < 4.78 is 37.6. The van der Waals surface area contributed by atoms with E-state index in [4.69, 9.17) is 9.47 Å². The number of methoxy groups -OCH3 is 1. The van der Waals surface area contributed by atoms with Gasteiger partial charge in [-0.2, -0.15) is 4.72 Å². The lowest BCUT2D eigenvalue weighted by atomic mass is 10.2. The molecule has 0 aliphatic rings. The second-order valence-electron chi connectivity index (χ2n) is 5.48. The first-order valence-corrected chi connectivity index (χ1v) is 9.64. The monoisotopic (exact) mass is 382 g/mol. The Balaban J connectivity index is 1.54. The number of ether oxygens (including phenoxy) is 2. The topological polar surface area (TPSA) is 77.5 Å². The summed E-state index contributed by atoms with van der Waals surface area (Å²) in [6.45, 7) is 0.123. The number of hydrogen-bond donors (Lipinski definition) is 1. The van der Waals surface area contributed by atoms with E-state index in [-0.39, 0.29) is 23.8 Å². The highest BCUT2D eigenvalue weighted by molar-refractivity contribution is 7.89. The fourth-order valence-corrected chi connectivity index (χ4v) is 3.51. The second kappa shape index (κ2) is 8.54. The maximum absolute atomic E-state index is 12.3. The van der Waals surface area contributed by atoms with Crippen molar-refractivity contribution in [2.75, 3.05) is 20.3 Å². The summed E-state index contributed by atoms with van der Waals surface area (Å²) >= 11 is 0. The molecule has 0 unspecified atom stereocenters. The summed E-state index contributed by atoms with van der Waals surface area (Å²) in [6, 6.07) is 15.9. The predicted octanol–water partition coefficient (Wildman–Crippen LogP) is 2.60. The van der Waals surface area contributed by atoms with Crippen LogP contribution in [0, 0.1) is 11.8 Å². The molecule has 0 radical (unpaired) electrons. The van der Waals surface area contributed by atoms with Crippen molar-refractivity contribution in [3.05, 3.63) is 60.8 Å². The molecule has 6 nitrogen and oxygen atoms in total. The summed E-state index contributed by atoms with van der Waals surface area (Å²) in [4.78, 5) is 4.34. The number of sulfonamides is 1. The van der Waals surface area contributed by atoms with Crippen molar-refractivity contribution in [3.8, 4) is 23.3 Å². The fraction of sp³-hybridized carbons (Fsp3) is 0.150. The Kier molecular flexibility index (Phi) is 5.91. The van der Waals surface area contributed by atoms with Crippen LogP contribution >= 0.6 is 0 Å². The number of fused-ring (bicyclic) bond motifs is 1. The number of benzene rings is 2. The number of nitrogens with one attached hydrogen (secondary N) is 1. The SMILES string of the molecule is COc1ccccc1S(=O)(=O)NCC#CCOc1ccc2cccnc2c1. The Hall–Kier alpha value is -3.08. The lowest BCUT2D eigenvalue weighted by Crippen LogP contribution is -2.24. The molecule has 2 aromatic carbocycles. The number of rotatable bonds is 6. The van der Waals surface area contributed by atoms with E-state index in [1.807, 2.05) is 30.3 Å². The third-order valence-electron chi connectivity index (χ3n) is 3.72. The van der Waals surface area contributed by atoms with Gasteiger partial charge in [0, 0.05) is 17.6 Å². The van der Waals surface area contributed by atoms with Gasteiger partial charge in [-0.3, -0.25) is 4.98 Å². The number of aromatic nitrogens is 1.